The summed E-state index contributed by atoms with van der Waals surface area (Å²) < 4.78 is 7.29. The van der Waals surface area contributed by atoms with Crippen molar-refractivity contribution in [3.63, 3.8) is 0 Å². The molecule has 0 aliphatic heterocycles. The summed E-state index contributed by atoms with van der Waals surface area (Å²) in [6, 6.07) is 9.01. The lowest BCUT2D eigenvalue weighted by Crippen LogP contribution is -1.98. The van der Waals surface area contributed by atoms with Crippen LogP contribution < -0.4 is 4.74 Å². The highest BCUT2D eigenvalue weighted by Crippen LogP contribution is 2.13. The molecule has 0 amide bonds. The average Bonchev–Trinajstić information content (AvgIpc) is 2.73. The van der Waals surface area contributed by atoms with Crippen LogP contribution in [0.3, 0.4) is 0 Å². The molecule has 17 heavy (non-hydrogen) atoms. The molecule has 1 aromatic carbocycles. The molecule has 0 aliphatic rings. The second-order valence-corrected chi connectivity index (χ2v) is 3.85. The van der Waals surface area contributed by atoms with Crippen LogP contribution in [0.15, 0.2) is 36.5 Å². The van der Waals surface area contributed by atoms with Gasteiger partial charge in [0.2, 0.25) is 0 Å². The smallest absolute Gasteiger partial charge is 0.159 e. The number of carbonyl (C=O) groups excluding carboxylic acids is 1. The number of rotatable bonds is 4. The van der Waals surface area contributed by atoms with Crippen molar-refractivity contribution in [1.82, 2.24) is 9.78 Å². The molecule has 0 atom stereocenters. The summed E-state index contributed by atoms with van der Waals surface area (Å²) in [5.74, 6) is 0.793. The van der Waals surface area contributed by atoms with E-state index >= 15 is 0 Å². The normalized spacial score (nSPS) is 10.2. The van der Waals surface area contributed by atoms with Gasteiger partial charge in [0, 0.05) is 18.8 Å². The number of ketones is 1. The Labute approximate surface area is 99.8 Å². The predicted octanol–water partition coefficient (Wildman–Crippen LogP) is 2.20. The summed E-state index contributed by atoms with van der Waals surface area (Å²) in [7, 11) is 1.87. The first-order valence-corrected chi connectivity index (χ1v) is 5.37. The van der Waals surface area contributed by atoms with Crippen molar-refractivity contribution < 1.29 is 9.53 Å². The van der Waals surface area contributed by atoms with E-state index < -0.39 is 0 Å². The van der Waals surface area contributed by atoms with Gasteiger partial charge in [-0.25, -0.2) is 0 Å². The summed E-state index contributed by atoms with van der Waals surface area (Å²) >= 11 is 0. The lowest BCUT2D eigenvalue weighted by Gasteiger charge is -2.04. The number of aromatic nitrogens is 2. The highest BCUT2D eigenvalue weighted by atomic mass is 16.5. The van der Waals surface area contributed by atoms with E-state index in [0.717, 1.165) is 11.4 Å². The zero-order chi connectivity index (χ0) is 12.3. The van der Waals surface area contributed by atoms with Gasteiger partial charge in [-0.2, -0.15) is 5.10 Å². The lowest BCUT2D eigenvalue weighted by atomic mass is 10.1. The van der Waals surface area contributed by atoms with Gasteiger partial charge in [-0.3, -0.25) is 9.48 Å². The van der Waals surface area contributed by atoms with E-state index in [4.69, 9.17) is 4.74 Å². The minimum Gasteiger partial charge on any atom is -0.487 e. The number of hydrogen-bond acceptors (Lipinski definition) is 3. The fraction of sp³-hybridized carbons (Fsp3) is 0.231. The van der Waals surface area contributed by atoms with E-state index in [0.29, 0.717) is 12.2 Å². The molecule has 2 rings (SSSR count). The van der Waals surface area contributed by atoms with E-state index in [2.05, 4.69) is 5.10 Å². The Morgan fingerprint density at radius 1 is 1.29 bits per heavy atom. The molecular formula is C13H14N2O2. The highest BCUT2D eigenvalue weighted by Gasteiger charge is 2.01. The third-order valence-electron chi connectivity index (χ3n) is 2.42. The Morgan fingerprint density at radius 3 is 2.53 bits per heavy atom. The zero-order valence-electron chi connectivity index (χ0n) is 9.88. The van der Waals surface area contributed by atoms with E-state index in [-0.39, 0.29) is 5.78 Å². The fourth-order valence-corrected chi connectivity index (χ4v) is 1.48. The molecule has 0 fully saturated rings. The summed E-state index contributed by atoms with van der Waals surface area (Å²) in [4.78, 5) is 11.1. The summed E-state index contributed by atoms with van der Waals surface area (Å²) in [5.41, 5.74) is 1.57. The number of aryl methyl sites for hydroxylation is 1. The first-order chi connectivity index (χ1) is 8.15. The number of carbonyl (C=O) groups is 1. The number of Topliss-reactive ketones (excluding diaryl/α,β-unsaturated/α-hetero) is 1. The van der Waals surface area contributed by atoms with Gasteiger partial charge in [-0.05, 0) is 37.3 Å². The van der Waals surface area contributed by atoms with Crippen LogP contribution in [0.1, 0.15) is 23.0 Å². The van der Waals surface area contributed by atoms with Gasteiger partial charge in [0.05, 0.1) is 5.69 Å². The standard InChI is InChI=1S/C13H14N2O2/c1-10(16)11-3-5-13(6-4-11)17-9-12-7-8-15(2)14-12/h3-8H,9H2,1-2H3. The average molecular weight is 230 g/mol. The van der Waals surface area contributed by atoms with Crippen LogP contribution in [-0.2, 0) is 13.7 Å². The minimum absolute atomic E-state index is 0.0567. The van der Waals surface area contributed by atoms with Crippen LogP contribution in [0.4, 0.5) is 0 Å². The Morgan fingerprint density at radius 2 is 2.00 bits per heavy atom. The van der Waals surface area contributed by atoms with Gasteiger partial charge >= 0.3 is 0 Å². The van der Waals surface area contributed by atoms with E-state index in [9.17, 15) is 4.79 Å². The second-order valence-electron chi connectivity index (χ2n) is 3.85. The van der Waals surface area contributed by atoms with Gasteiger partial charge in [0.25, 0.3) is 0 Å². The third-order valence-corrected chi connectivity index (χ3v) is 2.42. The summed E-state index contributed by atoms with van der Waals surface area (Å²) in [5, 5.41) is 4.21. The van der Waals surface area contributed by atoms with Gasteiger partial charge in [0.15, 0.2) is 5.78 Å². The van der Waals surface area contributed by atoms with Crippen LogP contribution >= 0.6 is 0 Å². The van der Waals surface area contributed by atoms with Crippen molar-refractivity contribution in [3.05, 3.63) is 47.8 Å². The van der Waals surface area contributed by atoms with Crippen molar-refractivity contribution in [1.29, 1.82) is 0 Å². The van der Waals surface area contributed by atoms with Crippen LogP contribution in [0.5, 0.6) is 5.75 Å². The Balaban J connectivity index is 1.97. The molecule has 4 nitrogen and oxygen atoms in total. The van der Waals surface area contributed by atoms with Gasteiger partial charge < -0.3 is 4.74 Å². The quantitative estimate of drug-likeness (QED) is 0.756. The minimum atomic E-state index is 0.0567. The van der Waals surface area contributed by atoms with Crippen LogP contribution in [0.25, 0.3) is 0 Å². The summed E-state index contributed by atoms with van der Waals surface area (Å²) in [6.07, 6.45) is 1.87. The van der Waals surface area contributed by atoms with Crippen LogP contribution in [-0.4, -0.2) is 15.6 Å². The molecule has 0 bridgehead atoms. The highest BCUT2D eigenvalue weighted by molar-refractivity contribution is 5.94. The molecule has 1 aromatic heterocycles. The third kappa shape index (κ3) is 2.93. The molecule has 0 aliphatic carbocycles. The maximum absolute atomic E-state index is 11.1. The molecular weight excluding hydrogens is 216 g/mol. The number of benzene rings is 1. The number of hydrogen-bond donors (Lipinski definition) is 0. The number of ether oxygens (including phenoxy) is 1. The van der Waals surface area contributed by atoms with E-state index in [1.807, 2.05) is 19.3 Å². The van der Waals surface area contributed by atoms with Crippen molar-refractivity contribution in [2.24, 2.45) is 7.05 Å². The SMILES string of the molecule is CC(=O)c1ccc(OCc2ccn(C)n2)cc1. The molecule has 0 spiro atoms. The molecule has 4 heteroatoms. The van der Waals surface area contributed by atoms with Gasteiger partial charge in [-0.1, -0.05) is 0 Å². The van der Waals surface area contributed by atoms with Gasteiger partial charge in [-0.15, -0.1) is 0 Å². The Kier molecular flexibility index (Phi) is 3.23. The lowest BCUT2D eigenvalue weighted by molar-refractivity contribution is 0.101. The topological polar surface area (TPSA) is 44.1 Å². The Hall–Kier alpha value is -2.10. The molecule has 0 unspecified atom stereocenters. The second kappa shape index (κ2) is 4.82. The maximum atomic E-state index is 11.1. The van der Waals surface area contributed by atoms with Crippen molar-refractivity contribution in [2.75, 3.05) is 0 Å². The molecule has 0 saturated carbocycles. The largest absolute Gasteiger partial charge is 0.487 e. The molecule has 0 radical (unpaired) electrons. The monoisotopic (exact) mass is 230 g/mol. The van der Waals surface area contributed by atoms with E-state index in [1.54, 1.807) is 35.9 Å². The summed E-state index contributed by atoms with van der Waals surface area (Å²) in [6.45, 7) is 1.98. The molecule has 2 aromatic rings. The van der Waals surface area contributed by atoms with Crippen LogP contribution in [0, 0.1) is 0 Å². The number of nitrogens with zero attached hydrogens (tertiary/aromatic N) is 2. The maximum Gasteiger partial charge on any atom is 0.159 e. The first kappa shape index (κ1) is 11.4. The zero-order valence-corrected chi connectivity index (χ0v) is 9.88. The molecule has 0 saturated heterocycles. The Bertz CT molecular complexity index is 514. The molecule has 1 heterocycles. The van der Waals surface area contributed by atoms with Crippen molar-refractivity contribution in [3.8, 4) is 5.75 Å². The van der Waals surface area contributed by atoms with Crippen molar-refractivity contribution in [2.45, 2.75) is 13.5 Å². The van der Waals surface area contributed by atoms with Crippen molar-refractivity contribution >= 4 is 5.78 Å². The molecule has 88 valence electrons. The molecule has 0 N–H and O–H groups in total. The predicted molar refractivity (Wildman–Crippen MR) is 64.0 cm³/mol. The van der Waals surface area contributed by atoms with E-state index in [1.165, 1.54) is 0 Å². The fourth-order valence-electron chi connectivity index (χ4n) is 1.48. The van der Waals surface area contributed by atoms with Crippen LogP contribution in [0.2, 0.25) is 0 Å². The first-order valence-electron chi connectivity index (χ1n) is 5.37. The van der Waals surface area contributed by atoms with Gasteiger partial charge in [0.1, 0.15) is 12.4 Å².